The molecule has 1 aromatic heterocycles. The summed E-state index contributed by atoms with van der Waals surface area (Å²) in [6, 6.07) is 0.103. The number of carbonyl (C=O) groups excluding carboxylic acids is 1. The van der Waals surface area contributed by atoms with Gasteiger partial charge in [0.2, 0.25) is 5.91 Å². The number of carbonyl (C=O) groups is 1. The molecule has 0 aromatic carbocycles. The maximum atomic E-state index is 11.6. The molecule has 0 aliphatic heterocycles. The number of amides is 1. The largest absolute Gasteiger partial charge is 0.396 e. The molecule has 14 heavy (non-hydrogen) atoms. The number of nitrogen functional groups attached to an aromatic ring is 1. The first-order valence-electron chi connectivity index (χ1n) is 4.77. The van der Waals surface area contributed by atoms with E-state index >= 15 is 0 Å². The molecule has 1 aliphatic carbocycles. The molecule has 3 N–H and O–H groups in total. The van der Waals surface area contributed by atoms with Crippen LogP contribution in [0.5, 0.6) is 0 Å². The molecule has 1 heterocycles. The zero-order valence-corrected chi connectivity index (χ0v) is 8.10. The quantitative estimate of drug-likeness (QED) is 0.727. The lowest BCUT2D eigenvalue weighted by Gasteiger charge is -2.11. The maximum Gasteiger partial charge on any atom is 0.244 e. The van der Waals surface area contributed by atoms with Gasteiger partial charge in [-0.2, -0.15) is 5.10 Å². The minimum absolute atomic E-state index is 0.00981. The van der Waals surface area contributed by atoms with Gasteiger partial charge in [-0.3, -0.25) is 9.48 Å². The molecule has 5 nitrogen and oxygen atoms in total. The Balaban J connectivity index is 1.99. The Kier molecular flexibility index (Phi) is 2.15. The second-order valence-corrected chi connectivity index (χ2v) is 3.71. The van der Waals surface area contributed by atoms with Crippen LogP contribution in [0.25, 0.3) is 0 Å². The third-order valence-electron chi connectivity index (χ3n) is 2.32. The van der Waals surface area contributed by atoms with Crippen molar-refractivity contribution >= 4 is 11.6 Å². The normalized spacial score (nSPS) is 17.8. The van der Waals surface area contributed by atoms with Crippen molar-refractivity contribution in [3.05, 3.63) is 12.4 Å². The predicted molar refractivity (Wildman–Crippen MR) is 52.5 cm³/mol. The van der Waals surface area contributed by atoms with Crippen molar-refractivity contribution in [1.82, 2.24) is 15.1 Å². The monoisotopic (exact) mass is 194 g/mol. The second-order valence-electron chi connectivity index (χ2n) is 3.71. The Morgan fingerprint density at radius 2 is 2.50 bits per heavy atom. The van der Waals surface area contributed by atoms with Gasteiger partial charge in [0.1, 0.15) is 6.04 Å². The summed E-state index contributed by atoms with van der Waals surface area (Å²) in [5, 5.41) is 6.92. The number of nitrogens with two attached hydrogens (primary N) is 1. The van der Waals surface area contributed by atoms with E-state index in [2.05, 4.69) is 10.4 Å². The lowest BCUT2D eigenvalue weighted by atomic mass is 10.3. The summed E-state index contributed by atoms with van der Waals surface area (Å²) >= 11 is 0. The molecule has 1 atom stereocenters. The van der Waals surface area contributed by atoms with Crippen LogP contribution in [-0.4, -0.2) is 21.7 Å². The SMILES string of the molecule is CC(C(=O)NC1CC1)n1cc(N)cn1. The van der Waals surface area contributed by atoms with Crippen LogP contribution >= 0.6 is 0 Å². The van der Waals surface area contributed by atoms with E-state index in [4.69, 9.17) is 5.73 Å². The number of hydrogen-bond donors (Lipinski definition) is 2. The van der Waals surface area contributed by atoms with Crippen molar-refractivity contribution in [2.24, 2.45) is 0 Å². The number of rotatable bonds is 3. The fourth-order valence-electron chi connectivity index (χ4n) is 1.23. The highest BCUT2D eigenvalue weighted by Gasteiger charge is 2.26. The van der Waals surface area contributed by atoms with E-state index in [9.17, 15) is 4.79 Å². The van der Waals surface area contributed by atoms with Gasteiger partial charge in [-0.25, -0.2) is 0 Å². The van der Waals surface area contributed by atoms with Crippen LogP contribution in [-0.2, 0) is 4.79 Å². The molecular weight excluding hydrogens is 180 g/mol. The van der Waals surface area contributed by atoms with E-state index in [1.54, 1.807) is 17.1 Å². The first kappa shape index (κ1) is 9.05. The van der Waals surface area contributed by atoms with E-state index in [0.717, 1.165) is 12.8 Å². The van der Waals surface area contributed by atoms with Crippen molar-refractivity contribution in [2.75, 3.05) is 5.73 Å². The van der Waals surface area contributed by atoms with Crippen LogP contribution in [0.4, 0.5) is 5.69 Å². The Labute approximate surface area is 82.3 Å². The molecule has 0 saturated heterocycles. The van der Waals surface area contributed by atoms with Crippen molar-refractivity contribution in [1.29, 1.82) is 0 Å². The lowest BCUT2D eigenvalue weighted by Crippen LogP contribution is -2.32. The number of nitrogens with zero attached hydrogens (tertiary/aromatic N) is 2. The third kappa shape index (κ3) is 1.86. The molecule has 5 heteroatoms. The highest BCUT2D eigenvalue weighted by molar-refractivity contribution is 5.80. The van der Waals surface area contributed by atoms with Gasteiger partial charge >= 0.3 is 0 Å². The second kappa shape index (κ2) is 3.32. The van der Waals surface area contributed by atoms with Crippen LogP contribution in [0.3, 0.4) is 0 Å². The van der Waals surface area contributed by atoms with Crippen LogP contribution in [0.1, 0.15) is 25.8 Å². The highest BCUT2D eigenvalue weighted by atomic mass is 16.2. The fourth-order valence-corrected chi connectivity index (χ4v) is 1.23. The molecule has 1 fully saturated rings. The predicted octanol–water partition coefficient (Wildman–Crippen LogP) is 0.305. The van der Waals surface area contributed by atoms with Crippen LogP contribution in [0.2, 0.25) is 0 Å². The first-order valence-corrected chi connectivity index (χ1v) is 4.77. The van der Waals surface area contributed by atoms with Crippen molar-refractivity contribution in [3.63, 3.8) is 0 Å². The third-order valence-corrected chi connectivity index (χ3v) is 2.32. The summed E-state index contributed by atoms with van der Waals surface area (Å²) in [6.45, 7) is 1.81. The summed E-state index contributed by atoms with van der Waals surface area (Å²) in [5.74, 6) is 0.00981. The molecule has 0 spiro atoms. The molecule has 0 bridgehead atoms. The maximum absolute atomic E-state index is 11.6. The van der Waals surface area contributed by atoms with Crippen molar-refractivity contribution < 1.29 is 4.79 Å². The van der Waals surface area contributed by atoms with Gasteiger partial charge in [-0.15, -0.1) is 0 Å². The minimum Gasteiger partial charge on any atom is -0.396 e. The van der Waals surface area contributed by atoms with E-state index in [1.165, 1.54) is 0 Å². The Morgan fingerprint density at radius 3 is 3.00 bits per heavy atom. The summed E-state index contributed by atoms with van der Waals surface area (Å²) in [6.07, 6.45) is 5.40. The topological polar surface area (TPSA) is 72.9 Å². The average Bonchev–Trinajstić information content (AvgIpc) is 2.85. The van der Waals surface area contributed by atoms with E-state index in [1.807, 2.05) is 6.92 Å². The molecular formula is C9H14N4O. The van der Waals surface area contributed by atoms with Crippen LogP contribution < -0.4 is 11.1 Å². The summed E-state index contributed by atoms with van der Waals surface area (Å²) in [4.78, 5) is 11.6. The summed E-state index contributed by atoms with van der Waals surface area (Å²) in [5.41, 5.74) is 6.09. The number of nitrogens with one attached hydrogen (secondary N) is 1. The number of aromatic nitrogens is 2. The van der Waals surface area contributed by atoms with E-state index in [-0.39, 0.29) is 11.9 Å². The van der Waals surface area contributed by atoms with E-state index in [0.29, 0.717) is 11.7 Å². The first-order chi connectivity index (χ1) is 6.66. The smallest absolute Gasteiger partial charge is 0.244 e. The standard InChI is InChI=1S/C9H14N4O/c1-6(9(14)12-8-2-3-8)13-5-7(10)4-11-13/h4-6,8H,2-3,10H2,1H3,(H,12,14). The molecule has 1 saturated carbocycles. The molecule has 1 amide bonds. The van der Waals surface area contributed by atoms with Crippen molar-refractivity contribution in [3.8, 4) is 0 Å². The van der Waals surface area contributed by atoms with Crippen LogP contribution in [0.15, 0.2) is 12.4 Å². The van der Waals surface area contributed by atoms with Gasteiger partial charge in [0, 0.05) is 12.2 Å². The van der Waals surface area contributed by atoms with Gasteiger partial charge < -0.3 is 11.1 Å². The molecule has 1 unspecified atom stereocenters. The van der Waals surface area contributed by atoms with Crippen LogP contribution in [0, 0.1) is 0 Å². The molecule has 76 valence electrons. The fraction of sp³-hybridized carbons (Fsp3) is 0.556. The molecule has 0 radical (unpaired) electrons. The highest BCUT2D eigenvalue weighted by Crippen LogP contribution is 2.20. The molecule has 1 aliphatic rings. The number of hydrogen-bond acceptors (Lipinski definition) is 3. The Hall–Kier alpha value is -1.52. The van der Waals surface area contributed by atoms with Crippen molar-refractivity contribution in [2.45, 2.75) is 31.8 Å². The van der Waals surface area contributed by atoms with E-state index < -0.39 is 0 Å². The number of anilines is 1. The summed E-state index contributed by atoms with van der Waals surface area (Å²) in [7, 11) is 0. The molecule has 2 rings (SSSR count). The molecule has 1 aromatic rings. The van der Waals surface area contributed by atoms with Gasteiger partial charge in [0.25, 0.3) is 0 Å². The zero-order valence-electron chi connectivity index (χ0n) is 8.10. The minimum atomic E-state index is -0.284. The average molecular weight is 194 g/mol. The van der Waals surface area contributed by atoms with Gasteiger partial charge in [0.05, 0.1) is 11.9 Å². The Morgan fingerprint density at radius 1 is 1.79 bits per heavy atom. The Bertz CT molecular complexity index is 342. The lowest BCUT2D eigenvalue weighted by molar-refractivity contribution is -0.124. The van der Waals surface area contributed by atoms with Gasteiger partial charge in [-0.05, 0) is 19.8 Å². The van der Waals surface area contributed by atoms with Gasteiger partial charge in [-0.1, -0.05) is 0 Å². The zero-order chi connectivity index (χ0) is 10.1. The summed E-state index contributed by atoms with van der Waals surface area (Å²) < 4.78 is 1.58. The van der Waals surface area contributed by atoms with Gasteiger partial charge in [0.15, 0.2) is 0 Å².